The van der Waals surface area contributed by atoms with Gasteiger partial charge in [-0.1, -0.05) is 12.1 Å². The predicted molar refractivity (Wildman–Crippen MR) is 74.1 cm³/mol. The number of benzene rings is 1. The molecule has 2 aromatic heterocycles. The first-order valence-electron chi connectivity index (χ1n) is 6.37. The number of rotatable bonds is 4. The van der Waals surface area contributed by atoms with Crippen molar-refractivity contribution in [1.82, 2.24) is 36.1 Å². The normalized spacial score (nSPS) is 12.0. The Labute approximate surface area is 120 Å². The van der Waals surface area contributed by atoms with Crippen molar-refractivity contribution in [3.05, 3.63) is 47.8 Å². The lowest BCUT2D eigenvalue weighted by molar-refractivity contribution is 0.0940. The van der Waals surface area contributed by atoms with Crippen LogP contribution in [0.3, 0.4) is 0 Å². The number of hydrogen-bond donors (Lipinski definition) is 3. The van der Waals surface area contributed by atoms with Crippen molar-refractivity contribution in [1.29, 1.82) is 0 Å². The maximum absolute atomic E-state index is 12.3. The second-order valence-corrected chi connectivity index (χ2v) is 4.54. The minimum atomic E-state index is -0.172. The Kier molecular flexibility index (Phi) is 3.42. The van der Waals surface area contributed by atoms with Gasteiger partial charge in [0, 0.05) is 22.9 Å². The van der Waals surface area contributed by atoms with Crippen LogP contribution in [-0.2, 0) is 0 Å². The summed E-state index contributed by atoms with van der Waals surface area (Å²) < 4.78 is 0. The highest BCUT2D eigenvalue weighted by molar-refractivity contribution is 5.95. The van der Waals surface area contributed by atoms with Crippen molar-refractivity contribution in [3.8, 4) is 11.4 Å². The zero-order chi connectivity index (χ0) is 14.7. The van der Waals surface area contributed by atoms with Gasteiger partial charge in [0.05, 0.1) is 12.2 Å². The van der Waals surface area contributed by atoms with Gasteiger partial charge in [0.25, 0.3) is 5.91 Å². The molecule has 0 saturated carbocycles. The molecular weight excluding hydrogens is 270 g/mol. The molecule has 0 radical (unpaired) electrons. The molecule has 1 amide bonds. The lowest BCUT2D eigenvalue weighted by Crippen LogP contribution is -2.26. The first-order chi connectivity index (χ1) is 10.2. The van der Waals surface area contributed by atoms with Gasteiger partial charge in [0.1, 0.15) is 0 Å². The highest BCUT2D eigenvalue weighted by Gasteiger charge is 2.13. The molecule has 0 bridgehead atoms. The fourth-order valence-electron chi connectivity index (χ4n) is 1.94. The van der Waals surface area contributed by atoms with Gasteiger partial charge in [-0.15, -0.1) is 10.2 Å². The van der Waals surface area contributed by atoms with Crippen molar-refractivity contribution < 1.29 is 4.79 Å². The summed E-state index contributed by atoms with van der Waals surface area (Å²) in [6.07, 6.45) is 3.43. The lowest BCUT2D eigenvalue weighted by Gasteiger charge is -2.12. The molecule has 3 N–H and O–H groups in total. The summed E-state index contributed by atoms with van der Waals surface area (Å²) in [5.41, 5.74) is 2.18. The summed E-state index contributed by atoms with van der Waals surface area (Å²) in [7, 11) is 0. The topological polar surface area (TPSA) is 112 Å². The third-order valence-corrected chi connectivity index (χ3v) is 3.10. The zero-order valence-electron chi connectivity index (χ0n) is 11.2. The Morgan fingerprint density at radius 1 is 1.38 bits per heavy atom. The van der Waals surface area contributed by atoms with Gasteiger partial charge < -0.3 is 5.32 Å². The number of nitrogens with zero attached hydrogens (tertiary/aromatic N) is 4. The Hall–Kier alpha value is -3.03. The second kappa shape index (κ2) is 5.53. The highest BCUT2D eigenvalue weighted by Crippen LogP contribution is 2.16. The molecule has 3 aromatic rings. The van der Waals surface area contributed by atoms with E-state index in [0.29, 0.717) is 11.4 Å². The number of amides is 1. The maximum atomic E-state index is 12.3. The molecule has 8 heteroatoms. The molecule has 0 aliphatic carbocycles. The fraction of sp³-hybridized carbons (Fsp3) is 0.154. The first kappa shape index (κ1) is 13.0. The molecule has 0 aliphatic heterocycles. The van der Waals surface area contributed by atoms with E-state index in [9.17, 15) is 4.79 Å². The SMILES string of the molecule is CC(NC(=O)c1cccc(-c2nn[nH]n2)c1)c1cn[nH]c1. The average molecular weight is 283 g/mol. The Bertz CT molecular complexity index is 721. The third-order valence-electron chi connectivity index (χ3n) is 3.10. The van der Waals surface area contributed by atoms with Crippen LogP contribution in [-0.4, -0.2) is 36.7 Å². The number of H-pyrrole nitrogens is 2. The number of carbonyl (C=O) groups is 1. The molecule has 21 heavy (non-hydrogen) atoms. The van der Waals surface area contributed by atoms with E-state index in [4.69, 9.17) is 0 Å². The molecular formula is C13H13N7O. The van der Waals surface area contributed by atoms with Crippen molar-refractivity contribution >= 4 is 5.91 Å². The van der Waals surface area contributed by atoms with Gasteiger partial charge in [-0.2, -0.15) is 10.3 Å². The van der Waals surface area contributed by atoms with Crippen LogP contribution in [0.15, 0.2) is 36.7 Å². The average Bonchev–Trinajstić information content (AvgIpc) is 3.20. The van der Waals surface area contributed by atoms with E-state index in [-0.39, 0.29) is 11.9 Å². The van der Waals surface area contributed by atoms with Gasteiger partial charge in [-0.05, 0) is 24.3 Å². The molecule has 1 atom stereocenters. The van der Waals surface area contributed by atoms with Crippen LogP contribution in [0.25, 0.3) is 11.4 Å². The number of tetrazole rings is 1. The Morgan fingerprint density at radius 3 is 3.00 bits per heavy atom. The van der Waals surface area contributed by atoms with Crippen LogP contribution in [0, 0.1) is 0 Å². The van der Waals surface area contributed by atoms with E-state index in [0.717, 1.165) is 11.1 Å². The van der Waals surface area contributed by atoms with Gasteiger partial charge in [0.2, 0.25) is 5.82 Å². The van der Waals surface area contributed by atoms with Crippen LogP contribution in [0.4, 0.5) is 0 Å². The molecule has 8 nitrogen and oxygen atoms in total. The molecule has 0 spiro atoms. The van der Waals surface area contributed by atoms with Crippen molar-refractivity contribution in [3.63, 3.8) is 0 Å². The van der Waals surface area contributed by atoms with Gasteiger partial charge in [-0.25, -0.2) is 0 Å². The number of hydrogen-bond acceptors (Lipinski definition) is 5. The molecule has 0 saturated heterocycles. The van der Waals surface area contributed by atoms with Gasteiger partial charge in [0.15, 0.2) is 0 Å². The summed E-state index contributed by atoms with van der Waals surface area (Å²) in [6, 6.07) is 6.93. The molecule has 2 heterocycles. The summed E-state index contributed by atoms with van der Waals surface area (Å²) in [5, 5.41) is 23.2. The molecule has 106 valence electrons. The minimum Gasteiger partial charge on any atom is -0.345 e. The van der Waals surface area contributed by atoms with E-state index in [1.165, 1.54) is 0 Å². The smallest absolute Gasteiger partial charge is 0.251 e. The zero-order valence-corrected chi connectivity index (χ0v) is 11.2. The Balaban J connectivity index is 1.77. The molecule has 1 unspecified atom stereocenters. The van der Waals surface area contributed by atoms with Crippen LogP contribution in [0.2, 0.25) is 0 Å². The van der Waals surface area contributed by atoms with E-state index in [1.807, 2.05) is 13.0 Å². The summed E-state index contributed by atoms with van der Waals surface area (Å²) in [4.78, 5) is 12.3. The molecule has 3 rings (SSSR count). The number of carbonyl (C=O) groups excluding carboxylic acids is 1. The van der Waals surface area contributed by atoms with Crippen LogP contribution >= 0.6 is 0 Å². The van der Waals surface area contributed by atoms with Crippen molar-refractivity contribution in [2.24, 2.45) is 0 Å². The van der Waals surface area contributed by atoms with Crippen LogP contribution in [0.1, 0.15) is 28.9 Å². The first-order valence-corrected chi connectivity index (χ1v) is 6.37. The predicted octanol–water partition coefficient (Wildman–Crippen LogP) is 1.08. The standard InChI is InChI=1S/C13H13N7O/c1-8(11-6-14-15-7-11)16-13(21)10-4-2-3-9(5-10)12-17-19-20-18-12/h2-8H,1H3,(H,14,15)(H,16,21)(H,17,18,19,20). The van der Waals surface area contributed by atoms with Gasteiger partial charge >= 0.3 is 0 Å². The van der Waals surface area contributed by atoms with E-state index >= 15 is 0 Å². The van der Waals surface area contributed by atoms with E-state index in [1.54, 1.807) is 30.6 Å². The van der Waals surface area contributed by atoms with Crippen LogP contribution in [0.5, 0.6) is 0 Å². The maximum Gasteiger partial charge on any atom is 0.251 e. The summed E-state index contributed by atoms with van der Waals surface area (Å²) in [6.45, 7) is 1.89. The van der Waals surface area contributed by atoms with Crippen molar-refractivity contribution in [2.45, 2.75) is 13.0 Å². The molecule has 0 fully saturated rings. The summed E-state index contributed by atoms with van der Waals surface area (Å²) >= 11 is 0. The summed E-state index contributed by atoms with van der Waals surface area (Å²) in [5.74, 6) is 0.279. The van der Waals surface area contributed by atoms with E-state index < -0.39 is 0 Å². The largest absolute Gasteiger partial charge is 0.345 e. The fourth-order valence-corrected chi connectivity index (χ4v) is 1.94. The quantitative estimate of drug-likeness (QED) is 0.663. The Morgan fingerprint density at radius 2 is 2.29 bits per heavy atom. The lowest BCUT2D eigenvalue weighted by atomic mass is 10.1. The molecule has 1 aromatic carbocycles. The number of aromatic nitrogens is 6. The minimum absolute atomic E-state index is 0.134. The third kappa shape index (κ3) is 2.78. The van der Waals surface area contributed by atoms with Crippen LogP contribution < -0.4 is 5.32 Å². The van der Waals surface area contributed by atoms with E-state index in [2.05, 4.69) is 36.1 Å². The number of aromatic amines is 2. The van der Waals surface area contributed by atoms with Crippen molar-refractivity contribution in [2.75, 3.05) is 0 Å². The molecule has 0 aliphatic rings. The number of nitrogens with one attached hydrogen (secondary N) is 3. The monoisotopic (exact) mass is 283 g/mol. The second-order valence-electron chi connectivity index (χ2n) is 4.54. The highest BCUT2D eigenvalue weighted by atomic mass is 16.1. The van der Waals surface area contributed by atoms with Gasteiger partial charge in [-0.3, -0.25) is 9.89 Å².